The minimum absolute atomic E-state index is 0.181. The summed E-state index contributed by atoms with van der Waals surface area (Å²) < 4.78 is 19.7. The molecule has 4 atom stereocenters. The number of alkyl halides is 1. The number of H-pyrrole nitrogens is 1. The summed E-state index contributed by atoms with van der Waals surface area (Å²) in [6, 6.07) is 1.04. The minimum atomic E-state index is -2.42. The van der Waals surface area contributed by atoms with Gasteiger partial charge in [0.2, 0.25) is 5.85 Å². The molecule has 0 aliphatic carbocycles. The van der Waals surface area contributed by atoms with Gasteiger partial charge in [-0.15, -0.1) is 0 Å². The smallest absolute Gasteiger partial charge is 0.330 e. The molecule has 0 spiro atoms. The van der Waals surface area contributed by atoms with Gasteiger partial charge in [0.1, 0.15) is 12.2 Å². The lowest BCUT2D eigenvalue weighted by Crippen LogP contribution is -2.39. The first kappa shape index (κ1) is 12.9. The number of aliphatic hydroxyl groups is 2. The van der Waals surface area contributed by atoms with Crippen LogP contribution in [0.1, 0.15) is 19.6 Å². The Morgan fingerprint density at radius 3 is 2.72 bits per heavy atom. The molecule has 1 aromatic heterocycles. The Morgan fingerprint density at radius 1 is 1.56 bits per heavy atom. The minimum Gasteiger partial charge on any atom is -0.385 e. The second-order valence-corrected chi connectivity index (χ2v) is 4.10. The number of aliphatic hydroxyl groups excluding tert-OH is 2. The molecule has 0 aromatic carbocycles. The maximum atomic E-state index is 14.0. The van der Waals surface area contributed by atoms with Crippen LogP contribution in [0, 0.1) is 0 Å². The maximum absolute atomic E-state index is 14.0. The summed E-state index contributed by atoms with van der Waals surface area (Å²) in [5.41, 5.74) is -1.47. The number of hydrogen-bond donors (Lipinski definition) is 3. The molecular weight excluding hydrogens is 247 g/mol. The molecule has 1 aliphatic rings. The van der Waals surface area contributed by atoms with E-state index in [0.29, 0.717) is 0 Å². The monoisotopic (exact) mass is 260 g/mol. The summed E-state index contributed by atoms with van der Waals surface area (Å²) in [6.07, 6.45) is -3.85. The van der Waals surface area contributed by atoms with Gasteiger partial charge in [-0.05, 0) is 0 Å². The highest BCUT2D eigenvalue weighted by Gasteiger charge is 2.54. The van der Waals surface area contributed by atoms with Gasteiger partial charge in [0.25, 0.3) is 5.56 Å². The van der Waals surface area contributed by atoms with Gasteiger partial charge in [-0.3, -0.25) is 14.3 Å². The van der Waals surface area contributed by atoms with Crippen molar-refractivity contribution in [2.45, 2.75) is 37.6 Å². The fraction of sp³-hybridized carbons (Fsp3) is 0.600. The molecule has 1 saturated heterocycles. The SMILES string of the molecule is CC[C@@]1(F)O[C@@H](n2ccc(=O)[nH]c2=O)[C@H](O)[C@@H]1O. The molecule has 1 fully saturated rings. The van der Waals surface area contributed by atoms with Crippen molar-refractivity contribution in [3.63, 3.8) is 0 Å². The molecule has 2 rings (SSSR count). The van der Waals surface area contributed by atoms with Crippen LogP contribution in [-0.4, -0.2) is 37.8 Å². The van der Waals surface area contributed by atoms with Crippen molar-refractivity contribution in [2.75, 3.05) is 0 Å². The second-order valence-electron chi connectivity index (χ2n) is 4.10. The van der Waals surface area contributed by atoms with Crippen molar-refractivity contribution < 1.29 is 19.3 Å². The third kappa shape index (κ3) is 1.88. The summed E-state index contributed by atoms with van der Waals surface area (Å²) in [6.45, 7) is 1.44. The molecule has 0 bridgehead atoms. The van der Waals surface area contributed by atoms with Crippen molar-refractivity contribution in [3.8, 4) is 0 Å². The van der Waals surface area contributed by atoms with Gasteiger partial charge in [0.05, 0.1) is 0 Å². The molecule has 18 heavy (non-hydrogen) atoms. The average molecular weight is 260 g/mol. The molecule has 1 aliphatic heterocycles. The van der Waals surface area contributed by atoms with Crippen LogP contribution in [0.5, 0.6) is 0 Å². The van der Waals surface area contributed by atoms with E-state index >= 15 is 0 Å². The largest absolute Gasteiger partial charge is 0.385 e. The number of rotatable bonds is 2. The number of aromatic amines is 1. The molecule has 7 nitrogen and oxygen atoms in total. The Hall–Kier alpha value is -1.51. The van der Waals surface area contributed by atoms with E-state index < -0.39 is 35.5 Å². The number of nitrogens with zero attached hydrogens (tertiary/aromatic N) is 1. The highest BCUT2D eigenvalue weighted by Crippen LogP contribution is 2.39. The summed E-state index contributed by atoms with van der Waals surface area (Å²) in [5.74, 6) is -2.42. The summed E-state index contributed by atoms with van der Waals surface area (Å²) in [5, 5.41) is 19.3. The molecule has 0 unspecified atom stereocenters. The predicted octanol–water partition coefficient (Wildman–Crippen LogP) is -1.14. The molecule has 0 saturated carbocycles. The first-order valence-corrected chi connectivity index (χ1v) is 5.43. The fourth-order valence-electron chi connectivity index (χ4n) is 1.89. The molecule has 2 heterocycles. The lowest BCUT2D eigenvalue weighted by molar-refractivity contribution is -0.188. The van der Waals surface area contributed by atoms with E-state index in [1.54, 1.807) is 0 Å². The zero-order valence-corrected chi connectivity index (χ0v) is 9.54. The van der Waals surface area contributed by atoms with Gasteiger partial charge in [0, 0.05) is 18.7 Å². The van der Waals surface area contributed by atoms with Gasteiger partial charge in [-0.2, -0.15) is 0 Å². The van der Waals surface area contributed by atoms with E-state index in [1.165, 1.54) is 6.92 Å². The van der Waals surface area contributed by atoms with Crippen LogP contribution in [0.25, 0.3) is 0 Å². The Kier molecular flexibility index (Phi) is 3.09. The Bertz CT molecular complexity index is 556. The zero-order chi connectivity index (χ0) is 13.5. The van der Waals surface area contributed by atoms with Crippen molar-refractivity contribution >= 4 is 0 Å². The molecule has 3 N–H and O–H groups in total. The Morgan fingerprint density at radius 2 is 2.22 bits per heavy atom. The number of ether oxygens (including phenoxy) is 1. The summed E-state index contributed by atoms with van der Waals surface area (Å²) >= 11 is 0. The van der Waals surface area contributed by atoms with Crippen LogP contribution in [0.3, 0.4) is 0 Å². The fourth-order valence-corrected chi connectivity index (χ4v) is 1.89. The van der Waals surface area contributed by atoms with Gasteiger partial charge >= 0.3 is 5.69 Å². The van der Waals surface area contributed by atoms with Crippen LogP contribution < -0.4 is 11.2 Å². The quantitative estimate of drug-likeness (QED) is 0.623. The normalized spacial score (nSPS) is 35.9. The van der Waals surface area contributed by atoms with Crippen LogP contribution in [-0.2, 0) is 4.74 Å². The topological polar surface area (TPSA) is 105 Å². The predicted molar refractivity (Wildman–Crippen MR) is 57.6 cm³/mol. The molecule has 8 heteroatoms. The molecule has 100 valence electrons. The summed E-state index contributed by atoms with van der Waals surface area (Å²) in [4.78, 5) is 24.3. The van der Waals surface area contributed by atoms with Crippen LogP contribution in [0.4, 0.5) is 4.39 Å². The second kappa shape index (κ2) is 4.30. The number of halogens is 1. The summed E-state index contributed by atoms with van der Waals surface area (Å²) in [7, 11) is 0. The number of hydrogen-bond acceptors (Lipinski definition) is 5. The van der Waals surface area contributed by atoms with E-state index in [0.717, 1.165) is 16.8 Å². The molecule has 0 radical (unpaired) electrons. The lowest BCUT2D eigenvalue weighted by Gasteiger charge is -2.20. The van der Waals surface area contributed by atoms with Gasteiger partial charge in [0.15, 0.2) is 6.23 Å². The van der Waals surface area contributed by atoms with Crippen LogP contribution >= 0.6 is 0 Å². The van der Waals surface area contributed by atoms with Crippen molar-refractivity contribution in [1.29, 1.82) is 0 Å². The Labute approximate surface area is 100 Å². The van der Waals surface area contributed by atoms with E-state index in [4.69, 9.17) is 4.74 Å². The van der Waals surface area contributed by atoms with Crippen molar-refractivity contribution in [3.05, 3.63) is 33.1 Å². The first-order valence-electron chi connectivity index (χ1n) is 5.43. The number of nitrogens with one attached hydrogen (secondary N) is 1. The van der Waals surface area contributed by atoms with Gasteiger partial charge in [-0.25, -0.2) is 9.18 Å². The first-order chi connectivity index (χ1) is 8.39. The average Bonchev–Trinajstić information content (AvgIpc) is 2.55. The lowest BCUT2D eigenvalue weighted by atomic mass is 10.1. The third-order valence-corrected chi connectivity index (χ3v) is 2.98. The van der Waals surface area contributed by atoms with Crippen LogP contribution in [0.15, 0.2) is 21.9 Å². The van der Waals surface area contributed by atoms with E-state index in [-0.39, 0.29) is 6.42 Å². The Balaban J connectivity index is 2.41. The van der Waals surface area contributed by atoms with E-state index in [2.05, 4.69) is 0 Å². The van der Waals surface area contributed by atoms with Crippen molar-refractivity contribution in [1.82, 2.24) is 9.55 Å². The van der Waals surface area contributed by atoms with Gasteiger partial charge in [-0.1, -0.05) is 6.92 Å². The van der Waals surface area contributed by atoms with E-state index in [1.807, 2.05) is 4.98 Å². The molecule has 1 aromatic rings. The molecular formula is C10H13FN2O5. The highest BCUT2D eigenvalue weighted by atomic mass is 19.2. The molecule has 0 amide bonds. The van der Waals surface area contributed by atoms with Crippen molar-refractivity contribution in [2.24, 2.45) is 0 Å². The van der Waals surface area contributed by atoms with E-state index in [9.17, 15) is 24.2 Å². The number of aromatic nitrogens is 2. The van der Waals surface area contributed by atoms with Gasteiger partial charge < -0.3 is 14.9 Å². The standard InChI is InChI=1S/C10H13FN2O5/c1-2-10(11)7(16)6(15)8(18-10)13-4-3-5(14)12-9(13)17/h3-4,6-8,15-16H,2H2,1H3,(H,12,14,17)/t6-,7+,8-,10-/m1/s1. The highest BCUT2D eigenvalue weighted by molar-refractivity contribution is 4.96. The third-order valence-electron chi connectivity index (χ3n) is 2.98. The van der Waals surface area contributed by atoms with Crippen LogP contribution in [0.2, 0.25) is 0 Å². The zero-order valence-electron chi connectivity index (χ0n) is 9.54. The maximum Gasteiger partial charge on any atom is 0.330 e.